The summed E-state index contributed by atoms with van der Waals surface area (Å²) in [6, 6.07) is 5.96. The fraction of sp³-hybridized carbons (Fsp3) is 0.312. The van der Waals surface area contributed by atoms with Crippen LogP contribution < -0.4 is 0 Å². The van der Waals surface area contributed by atoms with Gasteiger partial charge >= 0.3 is 5.97 Å². The Morgan fingerprint density at radius 2 is 2.00 bits per heavy atom. The van der Waals surface area contributed by atoms with Gasteiger partial charge in [-0.25, -0.2) is 4.79 Å². The number of aromatic nitrogens is 1. The standard InChI is InChI=1S/C16H19NO3/c1-4-19-15(16(18)20-5-2)9-12-6-7-14-13(8-12)11(3)10-17-14/h6-10,17H,4-5H2,1-3H3. The van der Waals surface area contributed by atoms with Crippen LogP contribution in [0.5, 0.6) is 0 Å². The number of hydrogen-bond donors (Lipinski definition) is 1. The number of benzene rings is 1. The second kappa shape index (κ2) is 6.28. The minimum Gasteiger partial charge on any atom is -0.487 e. The molecule has 0 spiro atoms. The van der Waals surface area contributed by atoms with Crippen LogP contribution in [0.15, 0.2) is 30.2 Å². The van der Waals surface area contributed by atoms with E-state index in [-0.39, 0.29) is 5.76 Å². The zero-order valence-electron chi connectivity index (χ0n) is 12.0. The van der Waals surface area contributed by atoms with Crippen molar-refractivity contribution >= 4 is 22.9 Å². The molecule has 1 aromatic carbocycles. The minimum absolute atomic E-state index is 0.238. The van der Waals surface area contributed by atoms with Gasteiger partial charge in [0.2, 0.25) is 5.76 Å². The molecule has 20 heavy (non-hydrogen) atoms. The summed E-state index contributed by atoms with van der Waals surface area (Å²) < 4.78 is 10.3. The van der Waals surface area contributed by atoms with Gasteiger partial charge in [-0.3, -0.25) is 0 Å². The quantitative estimate of drug-likeness (QED) is 0.516. The summed E-state index contributed by atoms with van der Waals surface area (Å²) in [6.45, 7) is 6.42. The summed E-state index contributed by atoms with van der Waals surface area (Å²) in [5.74, 6) is -0.192. The number of ether oxygens (including phenoxy) is 2. The predicted molar refractivity (Wildman–Crippen MR) is 79.3 cm³/mol. The number of nitrogens with one attached hydrogen (secondary N) is 1. The van der Waals surface area contributed by atoms with Crippen molar-refractivity contribution in [1.29, 1.82) is 0 Å². The molecule has 2 rings (SSSR count). The first kappa shape index (κ1) is 14.2. The molecule has 0 fully saturated rings. The molecular weight excluding hydrogens is 254 g/mol. The highest BCUT2D eigenvalue weighted by atomic mass is 16.6. The number of H-pyrrole nitrogens is 1. The van der Waals surface area contributed by atoms with Crippen molar-refractivity contribution in [3.63, 3.8) is 0 Å². The monoisotopic (exact) mass is 273 g/mol. The average Bonchev–Trinajstić information content (AvgIpc) is 2.80. The molecule has 1 N–H and O–H groups in total. The van der Waals surface area contributed by atoms with Gasteiger partial charge in [0.25, 0.3) is 0 Å². The van der Waals surface area contributed by atoms with Gasteiger partial charge in [-0.1, -0.05) is 6.07 Å². The molecule has 4 nitrogen and oxygen atoms in total. The van der Waals surface area contributed by atoms with Crippen molar-refractivity contribution in [3.8, 4) is 0 Å². The first-order valence-corrected chi connectivity index (χ1v) is 6.75. The molecule has 2 aromatic rings. The third-order valence-corrected chi connectivity index (χ3v) is 2.99. The van der Waals surface area contributed by atoms with E-state index in [9.17, 15) is 4.79 Å². The number of fused-ring (bicyclic) bond motifs is 1. The Bertz CT molecular complexity index is 640. The third kappa shape index (κ3) is 3.02. The van der Waals surface area contributed by atoms with Crippen LogP contribution in [0.3, 0.4) is 0 Å². The van der Waals surface area contributed by atoms with Crippen molar-refractivity contribution in [2.45, 2.75) is 20.8 Å². The van der Waals surface area contributed by atoms with E-state index < -0.39 is 5.97 Å². The molecule has 1 aromatic heterocycles. The van der Waals surface area contributed by atoms with Crippen LogP contribution >= 0.6 is 0 Å². The van der Waals surface area contributed by atoms with Gasteiger partial charge in [0, 0.05) is 17.1 Å². The molecule has 0 radical (unpaired) electrons. The van der Waals surface area contributed by atoms with Crippen LogP contribution in [-0.2, 0) is 14.3 Å². The van der Waals surface area contributed by atoms with Crippen LogP contribution in [0.25, 0.3) is 17.0 Å². The largest absolute Gasteiger partial charge is 0.487 e. The highest BCUT2D eigenvalue weighted by Gasteiger charge is 2.12. The first-order valence-electron chi connectivity index (χ1n) is 6.75. The van der Waals surface area contributed by atoms with Gasteiger partial charge in [-0.2, -0.15) is 0 Å². The number of rotatable bonds is 5. The molecule has 0 aliphatic heterocycles. The third-order valence-electron chi connectivity index (χ3n) is 2.99. The summed E-state index contributed by atoms with van der Waals surface area (Å²) in [6.07, 6.45) is 3.68. The van der Waals surface area contributed by atoms with Gasteiger partial charge in [0.05, 0.1) is 13.2 Å². The lowest BCUT2D eigenvalue weighted by atomic mass is 10.1. The smallest absolute Gasteiger partial charge is 0.373 e. The van der Waals surface area contributed by atoms with E-state index in [1.807, 2.05) is 38.2 Å². The van der Waals surface area contributed by atoms with E-state index in [1.165, 1.54) is 5.56 Å². The Hall–Kier alpha value is -2.23. The van der Waals surface area contributed by atoms with Crippen LogP contribution in [0.2, 0.25) is 0 Å². The normalized spacial score (nSPS) is 11.7. The van der Waals surface area contributed by atoms with E-state index in [0.717, 1.165) is 16.5 Å². The SMILES string of the molecule is CCOC(=O)C(=Cc1ccc2[nH]cc(C)c2c1)OCC. The topological polar surface area (TPSA) is 51.3 Å². The zero-order chi connectivity index (χ0) is 14.5. The van der Waals surface area contributed by atoms with E-state index in [0.29, 0.717) is 13.2 Å². The fourth-order valence-electron chi connectivity index (χ4n) is 2.04. The summed E-state index contributed by atoms with van der Waals surface area (Å²) in [5, 5.41) is 1.14. The van der Waals surface area contributed by atoms with Crippen LogP contribution in [-0.4, -0.2) is 24.2 Å². The summed E-state index contributed by atoms with van der Waals surface area (Å²) in [5.41, 5.74) is 3.16. The molecule has 106 valence electrons. The Morgan fingerprint density at radius 1 is 1.25 bits per heavy atom. The van der Waals surface area contributed by atoms with Gasteiger partial charge in [0.1, 0.15) is 0 Å². The minimum atomic E-state index is -0.430. The van der Waals surface area contributed by atoms with Crippen molar-refractivity contribution in [2.75, 3.05) is 13.2 Å². The maximum Gasteiger partial charge on any atom is 0.373 e. The maximum absolute atomic E-state index is 11.8. The Labute approximate surface area is 118 Å². The molecule has 0 saturated heterocycles. The Kier molecular flexibility index (Phi) is 4.45. The zero-order valence-corrected chi connectivity index (χ0v) is 12.0. The van der Waals surface area contributed by atoms with Gasteiger partial charge in [-0.15, -0.1) is 0 Å². The average molecular weight is 273 g/mol. The predicted octanol–water partition coefficient (Wildman–Crippen LogP) is 3.42. The number of carbonyl (C=O) groups is 1. The van der Waals surface area contributed by atoms with Crippen molar-refractivity contribution in [3.05, 3.63) is 41.3 Å². The van der Waals surface area contributed by atoms with Crippen molar-refractivity contribution < 1.29 is 14.3 Å². The molecule has 0 atom stereocenters. The van der Waals surface area contributed by atoms with E-state index in [4.69, 9.17) is 9.47 Å². The van der Waals surface area contributed by atoms with Crippen molar-refractivity contribution in [2.24, 2.45) is 0 Å². The highest BCUT2D eigenvalue weighted by Crippen LogP contribution is 2.20. The summed E-state index contributed by atoms with van der Waals surface area (Å²) in [4.78, 5) is 15.0. The number of aryl methyl sites for hydroxylation is 1. The summed E-state index contributed by atoms with van der Waals surface area (Å²) >= 11 is 0. The lowest BCUT2D eigenvalue weighted by Crippen LogP contribution is -2.10. The number of carbonyl (C=O) groups excluding carboxylic acids is 1. The number of hydrogen-bond acceptors (Lipinski definition) is 3. The van der Waals surface area contributed by atoms with E-state index in [1.54, 1.807) is 13.0 Å². The molecular formula is C16H19NO3. The maximum atomic E-state index is 11.8. The van der Waals surface area contributed by atoms with Gasteiger partial charge in [-0.05, 0) is 50.1 Å². The van der Waals surface area contributed by atoms with E-state index >= 15 is 0 Å². The molecule has 0 aliphatic rings. The molecule has 4 heteroatoms. The fourth-order valence-corrected chi connectivity index (χ4v) is 2.04. The lowest BCUT2D eigenvalue weighted by Gasteiger charge is -2.07. The number of aromatic amines is 1. The molecule has 0 unspecified atom stereocenters. The lowest BCUT2D eigenvalue weighted by molar-refractivity contribution is -0.142. The first-order chi connectivity index (χ1) is 9.65. The second-order valence-corrected chi connectivity index (χ2v) is 4.44. The highest BCUT2D eigenvalue weighted by molar-refractivity contribution is 5.93. The molecule has 1 heterocycles. The van der Waals surface area contributed by atoms with Crippen LogP contribution in [0, 0.1) is 6.92 Å². The van der Waals surface area contributed by atoms with Crippen molar-refractivity contribution in [1.82, 2.24) is 4.98 Å². The second-order valence-electron chi connectivity index (χ2n) is 4.44. The van der Waals surface area contributed by atoms with E-state index in [2.05, 4.69) is 4.98 Å². The van der Waals surface area contributed by atoms with Crippen LogP contribution in [0.4, 0.5) is 0 Å². The molecule has 0 bridgehead atoms. The molecule has 0 aliphatic carbocycles. The Balaban J connectivity index is 2.36. The number of esters is 1. The Morgan fingerprint density at radius 3 is 2.70 bits per heavy atom. The van der Waals surface area contributed by atoms with Gasteiger partial charge in [0.15, 0.2) is 0 Å². The van der Waals surface area contributed by atoms with Gasteiger partial charge < -0.3 is 14.5 Å². The summed E-state index contributed by atoms with van der Waals surface area (Å²) in [7, 11) is 0. The molecule has 0 amide bonds. The molecule has 0 saturated carbocycles. The van der Waals surface area contributed by atoms with Crippen LogP contribution in [0.1, 0.15) is 25.0 Å².